The quantitative estimate of drug-likeness (QED) is 0.234. The van der Waals surface area contributed by atoms with Crippen LogP contribution in [0.3, 0.4) is 0 Å². The van der Waals surface area contributed by atoms with Crippen molar-refractivity contribution in [2.45, 2.75) is 38.1 Å². The number of nitrogens with zero attached hydrogens (tertiary/aromatic N) is 5. The number of aromatic amines is 1. The Kier molecular flexibility index (Phi) is 8.55. The van der Waals surface area contributed by atoms with Gasteiger partial charge in [0.25, 0.3) is 5.91 Å². The Hall–Kier alpha value is -3.96. The van der Waals surface area contributed by atoms with Crippen LogP contribution in [0.2, 0.25) is 10.0 Å². The highest BCUT2D eigenvalue weighted by molar-refractivity contribution is 6.35. The van der Waals surface area contributed by atoms with Gasteiger partial charge in [0.05, 0.1) is 39.6 Å². The van der Waals surface area contributed by atoms with Crippen molar-refractivity contribution in [1.29, 1.82) is 0 Å². The first-order valence-corrected chi connectivity index (χ1v) is 14.1. The smallest absolute Gasteiger partial charge is 0.305 e. The Morgan fingerprint density at radius 3 is 2.63 bits per heavy atom. The Morgan fingerprint density at radius 2 is 1.88 bits per heavy atom. The van der Waals surface area contributed by atoms with Crippen molar-refractivity contribution < 1.29 is 19.5 Å². The Bertz CT molecular complexity index is 1620. The molecule has 0 saturated carbocycles. The molecular formula is C28H29Cl2N7O4. The molecule has 214 valence electrons. The van der Waals surface area contributed by atoms with E-state index in [9.17, 15) is 14.4 Å². The molecule has 1 saturated heterocycles. The molecule has 1 aliphatic heterocycles. The van der Waals surface area contributed by atoms with Crippen molar-refractivity contribution in [2.75, 3.05) is 32.0 Å². The van der Waals surface area contributed by atoms with Gasteiger partial charge in [0.15, 0.2) is 0 Å². The number of aliphatic carboxylic acids is 1. The number of nitrogens with one attached hydrogen (secondary N) is 2. The van der Waals surface area contributed by atoms with Crippen molar-refractivity contribution in [1.82, 2.24) is 29.7 Å². The van der Waals surface area contributed by atoms with E-state index in [1.807, 2.05) is 0 Å². The summed E-state index contributed by atoms with van der Waals surface area (Å²) >= 11 is 12.8. The van der Waals surface area contributed by atoms with E-state index in [1.54, 1.807) is 42.3 Å². The van der Waals surface area contributed by atoms with Crippen LogP contribution in [0.15, 0.2) is 36.7 Å². The van der Waals surface area contributed by atoms with Crippen molar-refractivity contribution >= 4 is 68.7 Å². The lowest BCUT2D eigenvalue weighted by molar-refractivity contribution is -0.138. The number of hydrogen-bond donors (Lipinski definition) is 3. The summed E-state index contributed by atoms with van der Waals surface area (Å²) in [5, 5.41) is 13.8. The average molecular weight is 598 g/mol. The maximum absolute atomic E-state index is 13.0. The van der Waals surface area contributed by atoms with E-state index in [0.29, 0.717) is 63.2 Å². The normalized spacial score (nSPS) is 14.0. The molecule has 3 N–H and O–H groups in total. The molecule has 41 heavy (non-hydrogen) atoms. The van der Waals surface area contributed by atoms with Gasteiger partial charge in [-0.05, 0) is 49.6 Å². The number of halogens is 2. The second-order valence-electron chi connectivity index (χ2n) is 10.0. The molecule has 1 atom stereocenters. The van der Waals surface area contributed by atoms with E-state index < -0.39 is 12.0 Å². The fourth-order valence-corrected chi connectivity index (χ4v) is 5.32. The van der Waals surface area contributed by atoms with Crippen LogP contribution in [0.4, 0.5) is 5.82 Å². The molecule has 0 aliphatic carbocycles. The molecule has 2 amide bonds. The fraction of sp³-hybridized carbons (Fsp3) is 0.357. The third kappa shape index (κ3) is 6.52. The van der Waals surface area contributed by atoms with E-state index in [2.05, 4.69) is 20.3 Å². The van der Waals surface area contributed by atoms with Crippen LogP contribution in [-0.4, -0.2) is 79.3 Å². The van der Waals surface area contributed by atoms with Gasteiger partial charge in [-0.2, -0.15) is 0 Å². The summed E-state index contributed by atoms with van der Waals surface area (Å²) in [5.74, 6) is -0.247. The number of benzene rings is 2. The predicted octanol–water partition coefficient (Wildman–Crippen LogP) is 4.92. The first-order chi connectivity index (χ1) is 19.7. The third-order valence-corrected chi connectivity index (χ3v) is 7.73. The molecule has 0 radical (unpaired) electrons. The first kappa shape index (κ1) is 28.6. The summed E-state index contributed by atoms with van der Waals surface area (Å²) in [6, 6.07) is 8.21. The second-order valence-corrected chi connectivity index (χ2v) is 10.9. The number of amides is 2. The van der Waals surface area contributed by atoms with Crippen molar-refractivity contribution in [2.24, 2.45) is 0 Å². The largest absolute Gasteiger partial charge is 0.481 e. The minimum absolute atomic E-state index is 0.114. The van der Waals surface area contributed by atoms with Gasteiger partial charge < -0.3 is 25.2 Å². The van der Waals surface area contributed by atoms with Gasteiger partial charge in [-0.1, -0.05) is 23.2 Å². The maximum Gasteiger partial charge on any atom is 0.305 e. The number of carbonyl (C=O) groups excluding carboxylic acids is 2. The summed E-state index contributed by atoms with van der Waals surface area (Å²) in [4.78, 5) is 56.8. The summed E-state index contributed by atoms with van der Waals surface area (Å²) in [5.41, 5.74) is 2.40. The molecule has 4 aromatic rings. The van der Waals surface area contributed by atoms with E-state index in [0.717, 1.165) is 18.4 Å². The van der Waals surface area contributed by atoms with Gasteiger partial charge in [0.2, 0.25) is 5.91 Å². The molecule has 3 heterocycles. The molecule has 0 bridgehead atoms. The highest BCUT2D eigenvalue weighted by Crippen LogP contribution is 2.32. The molecule has 2 aromatic heterocycles. The highest BCUT2D eigenvalue weighted by Gasteiger charge is 2.24. The molecular weight excluding hydrogens is 569 g/mol. The Balaban J connectivity index is 1.44. The van der Waals surface area contributed by atoms with Gasteiger partial charge in [-0.15, -0.1) is 0 Å². The van der Waals surface area contributed by atoms with E-state index >= 15 is 0 Å². The zero-order valence-electron chi connectivity index (χ0n) is 22.4. The third-order valence-electron chi connectivity index (χ3n) is 7.18. The lowest BCUT2D eigenvalue weighted by Crippen LogP contribution is -2.29. The average Bonchev–Trinajstić information content (AvgIpc) is 3.63. The molecule has 13 heteroatoms. The van der Waals surface area contributed by atoms with Crippen LogP contribution in [0, 0.1) is 0 Å². The number of aromatic nitrogens is 4. The minimum Gasteiger partial charge on any atom is -0.481 e. The predicted molar refractivity (Wildman–Crippen MR) is 156 cm³/mol. The van der Waals surface area contributed by atoms with E-state index in [4.69, 9.17) is 33.3 Å². The van der Waals surface area contributed by atoms with Gasteiger partial charge in [-0.25, -0.2) is 15.0 Å². The van der Waals surface area contributed by atoms with Crippen molar-refractivity contribution in [3.05, 3.63) is 58.1 Å². The second kappa shape index (κ2) is 12.3. The number of carbonyl (C=O) groups is 3. The number of hydrogen-bond acceptors (Lipinski definition) is 7. The maximum atomic E-state index is 13.0. The fourth-order valence-electron chi connectivity index (χ4n) is 4.90. The van der Waals surface area contributed by atoms with E-state index in [1.165, 1.54) is 11.2 Å². The van der Waals surface area contributed by atoms with Crippen LogP contribution < -0.4 is 5.32 Å². The lowest BCUT2D eigenvalue weighted by atomic mass is 10.1. The molecule has 5 rings (SSSR count). The van der Waals surface area contributed by atoms with Crippen molar-refractivity contribution in [3.8, 4) is 0 Å². The summed E-state index contributed by atoms with van der Waals surface area (Å²) in [7, 11) is 1.58. The zero-order valence-corrected chi connectivity index (χ0v) is 23.9. The Morgan fingerprint density at radius 1 is 1.10 bits per heavy atom. The van der Waals surface area contributed by atoms with Gasteiger partial charge in [0, 0.05) is 43.5 Å². The molecule has 11 nitrogen and oxygen atoms in total. The monoisotopic (exact) mass is 597 g/mol. The first-order valence-electron chi connectivity index (χ1n) is 13.3. The van der Waals surface area contributed by atoms with Gasteiger partial charge in [-0.3, -0.25) is 14.4 Å². The lowest BCUT2D eigenvalue weighted by Gasteiger charge is -2.21. The number of rotatable bonds is 10. The molecule has 1 fully saturated rings. The number of anilines is 1. The topological polar surface area (TPSA) is 144 Å². The number of likely N-dealkylation sites (tertiary alicyclic amines) is 1. The number of fused-ring (bicyclic) bond motifs is 2. The van der Waals surface area contributed by atoms with E-state index in [-0.39, 0.29) is 31.2 Å². The summed E-state index contributed by atoms with van der Waals surface area (Å²) in [6.45, 7) is 1.53. The minimum atomic E-state index is -0.968. The number of imidazole rings is 1. The molecule has 1 unspecified atom stereocenters. The number of H-pyrrole nitrogens is 1. The zero-order chi connectivity index (χ0) is 29.1. The van der Waals surface area contributed by atoms with Crippen LogP contribution in [0.5, 0.6) is 0 Å². The number of carboxylic acids is 1. The molecule has 0 spiro atoms. The highest BCUT2D eigenvalue weighted by atomic mass is 35.5. The molecule has 2 aromatic carbocycles. The number of carboxylic acid groups (broad SMARTS) is 1. The van der Waals surface area contributed by atoms with Crippen LogP contribution in [0.1, 0.15) is 54.3 Å². The van der Waals surface area contributed by atoms with Crippen molar-refractivity contribution in [3.63, 3.8) is 0 Å². The molecule has 1 aliphatic rings. The van der Waals surface area contributed by atoms with Crippen LogP contribution in [0.25, 0.3) is 21.9 Å². The SMILES string of the molecule is CN(CCC(=O)O)C(=O)CCC(Nc1ncnc2cc(C(=O)N3CCCC3)c(Cl)cc12)c1nc2ccc(Cl)cc2[nH]1. The van der Waals surface area contributed by atoms with Gasteiger partial charge in [0.1, 0.15) is 18.0 Å². The summed E-state index contributed by atoms with van der Waals surface area (Å²) < 4.78 is 0. The van der Waals surface area contributed by atoms with Crippen LogP contribution >= 0.6 is 23.2 Å². The van der Waals surface area contributed by atoms with Crippen LogP contribution in [-0.2, 0) is 9.59 Å². The van der Waals surface area contributed by atoms with Gasteiger partial charge >= 0.3 is 5.97 Å². The standard InChI is InChI=1S/C28H29Cl2N7O4/c1-36(11-8-25(39)40)24(38)7-6-21(27-33-20-5-4-16(29)12-23(20)35-27)34-26-18-13-19(30)17(14-22(18)31-15-32-26)28(41)37-9-2-3-10-37/h4-5,12-15,21H,2-3,6-11H2,1H3,(H,33,35)(H,39,40)(H,31,32,34). The Labute approximate surface area is 245 Å². The summed E-state index contributed by atoms with van der Waals surface area (Å²) in [6.07, 6.45) is 3.67.